The molecule has 1 fully saturated rings. The summed E-state index contributed by atoms with van der Waals surface area (Å²) in [4.78, 5) is 17.8. The highest BCUT2D eigenvalue weighted by atomic mass is 32.1. The van der Waals surface area contributed by atoms with Gasteiger partial charge in [-0.3, -0.25) is 9.78 Å². The first-order valence-electron chi connectivity index (χ1n) is 8.97. The Morgan fingerprint density at radius 2 is 1.96 bits per heavy atom. The number of thiocarbonyl (C=S) groups is 1. The van der Waals surface area contributed by atoms with Crippen LogP contribution < -0.4 is 15.5 Å². The van der Waals surface area contributed by atoms with Gasteiger partial charge in [0.05, 0.1) is 11.7 Å². The predicted molar refractivity (Wildman–Crippen MR) is 112 cm³/mol. The van der Waals surface area contributed by atoms with Crippen LogP contribution in [0, 0.1) is 6.92 Å². The lowest BCUT2D eigenvalue weighted by Crippen LogP contribution is -2.29. The lowest BCUT2D eigenvalue weighted by Gasteiger charge is -2.26. The maximum absolute atomic E-state index is 11.3. The van der Waals surface area contributed by atoms with Crippen LogP contribution >= 0.6 is 12.2 Å². The molecule has 6 nitrogen and oxygen atoms in total. The number of rotatable bonds is 4. The van der Waals surface area contributed by atoms with E-state index >= 15 is 0 Å². The number of aromatic nitrogens is 1. The van der Waals surface area contributed by atoms with Crippen LogP contribution in [0.4, 0.5) is 11.4 Å². The molecule has 2 N–H and O–H groups in total. The van der Waals surface area contributed by atoms with Gasteiger partial charge in [-0.05, 0) is 67.7 Å². The van der Waals surface area contributed by atoms with Gasteiger partial charge in [0.15, 0.2) is 5.11 Å². The molecule has 142 valence electrons. The van der Waals surface area contributed by atoms with Gasteiger partial charge in [0.25, 0.3) is 0 Å². The van der Waals surface area contributed by atoms with E-state index in [9.17, 15) is 4.79 Å². The monoisotopic (exact) mass is 392 g/mol. The Balaban J connectivity index is 1.74. The van der Waals surface area contributed by atoms with Gasteiger partial charge in [0.1, 0.15) is 17.6 Å². The summed E-state index contributed by atoms with van der Waals surface area (Å²) in [6.45, 7) is 3.41. The maximum Gasteiger partial charge on any atom is 0.221 e. The van der Waals surface area contributed by atoms with Gasteiger partial charge in [-0.2, -0.15) is 0 Å². The average molecular weight is 392 g/mol. The number of nitrogens with one attached hydrogen (secondary N) is 2. The van der Waals surface area contributed by atoms with E-state index < -0.39 is 0 Å². The highest BCUT2D eigenvalue weighted by molar-refractivity contribution is 7.80. The predicted octanol–water partition coefficient (Wildman–Crippen LogP) is 4.12. The number of hydrogen-bond donors (Lipinski definition) is 2. The van der Waals surface area contributed by atoms with Crippen molar-refractivity contribution in [3.8, 4) is 0 Å². The molecule has 1 saturated heterocycles. The number of anilines is 2. The standard InChI is InChI=1S/C21H20N4O2S/c1-13-6-11-18(27-13)20-19(17-5-3-4-12-22-17)24-21(28)25(20)16-9-7-15(8-10-16)23-14(2)26/h3-12,19-20H,1-2H3,(H,23,26)(H,24,28)/t19-,20-/m0/s1. The van der Waals surface area contributed by atoms with Crippen LogP contribution in [0.5, 0.6) is 0 Å². The molecule has 1 aliphatic rings. The van der Waals surface area contributed by atoms with Gasteiger partial charge in [-0.25, -0.2) is 0 Å². The third-order valence-electron chi connectivity index (χ3n) is 4.62. The van der Waals surface area contributed by atoms with E-state index in [1.54, 1.807) is 6.20 Å². The Morgan fingerprint density at radius 1 is 1.18 bits per heavy atom. The number of amides is 1. The minimum Gasteiger partial charge on any atom is -0.464 e. The number of benzene rings is 1. The molecule has 0 spiro atoms. The minimum absolute atomic E-state index is 0.106. The molecule has 1 aromatic carbocycles. The summed E-state index contributed by atoms with van der Waals surface area (Å²) < 4.78 is 5.97. The summed E-state index contributed by atoms with van der Waals surface area (Å²) in [6, 6.07) is 17.0. The number of hydrogen-bond acceptors (Lipinski definition) is 4. The quantitative estimate of drug-likeness (QED) is 0.651. The van der Waals surface area contributed by atoms with E-state index in [0.29, 0.717) is 5.11 Å². The minimum atomic E-state index is -0.178. The molecule has 2 atom stereocenters. The molecule has 3 heterocycles. The summed E-state index contributed by atoms with van der Waals surface area (Å²) in [5, 5.41) is 6.77. The van der Waals surface area contributed by atoms with E-state index in [1.165, 1.54) is 6.92 Å². The number of pyridine rings is 1. The first kappa shape index (κ1) is 18.2. The van der Waals surface area contributed by atoms with Crippen molar-refractivity contribution in [3.63, 3.8) is 0 Å². The van der Waals surface area contributed by atoms with Crippen LogP contribution in [0.15, 0.2) is 65.2 Å². The van der Waals surface area contributed by atoms with E-state index in [2.05, 4.69) is 15.6 Å². The van der Waals surface area contributed by atoms with Crippen LogP contribution in [-0.4, -0.2) is 16.0 Å². The Morgan fingerprint density at radius 3 is 2.57 bits per heavy atom. The highest BCUT2D eigenvalue weighted by Crippen LogP contribution is 2.42. The number of carbonyl (C=O) groups is 1. The zero-order chi connectivity index (χ0) is 19.7. The molecular formula is C21H20N4O2S. The summed E-state index contributed by atoms with van der Waals surface area (Å²) in [7, 11) is 0. The summed E-state index contributed by atoms with van der Waals surface area (Å²) in [5.74, 6) is 1.55. The van der Waals surface area contributed by atoms with Crippen molar-refractivity contribution in [2.24, 2.45) is 0 Å². The fourth-order valence-electron chi connectivity index (χ4n) is 3.44. The molecule has 1 amide bonds. The summed E-state index contributed by atoms with van der Waals surface area (Å²) in [5.41, 5.74) is 2.53. The van der Waals surface area contributed by atoms with Gasteiger partial charge >= 0.3 is 0 Å². The molecule has 1 aliphatic heterocycles. The van der Waals surface area contributed by atoms with Gasteiger partial charge in [-0.15, -0.1) is 0 Å². The van der Waals surface area contributed by atoms with Gasteiger partial charge in [0.2, 0.25) is 5.91 Å². The maximum atomic E-state index is 11.3. The van der Waals surface area contributed by atoms with Crippen LogP contribution in [0.1, 0.15) is 36.2 Å². The fraction of sp³-hybridized carbons (Fsp3) is 0.190. The Kier molecular flexibility index (Phi) is 4.83. The molecule has 0 saturated carbocycles. The normalized spacial score (nSPS) is 18.8. The van der Waals surface area contributed by atoms with Crippen molar-refractivity contribution in [2.75, 3.05) is 10.2 Å². The highest BCUT2D eigenvalue weighted by Gasteiger charge is 2.42. The van der Waals surface area contributed by atoms with E-state index in [-0.39, 0.29) is 18.0 Å². The summed E-state index contributed by atoms with van der Waals surface area (Å²) >= 11 is 5.66. The molecular weight excluding hydrogens is 372 g/mol. The lowest BCUT2D eigenvalue weighted by molar-refractivity contribution is -0.114. The first-order chi connectivity index (χ1) is 13.5. The van der Waals surface area contributed by atoms with Crippen molar-refractivity contribution in [2.45, 2.75) is 25.9 Å². The summed E-state index contributed by atoms with van der Waals surface area (Å²) in [6.07, 6.45) is 1.77. The third kappa shape index (κ3) is 3.48. The topological polar surface area (TPSA) is 70.4 Å². The Labute approximate surface area is 168 Å². The van der Waals surface area contributed by atoms with E-state index in [0.717, 1.165) is 28.6 Å². The molecule has 0 aliphatic carbocycles. The fourth-order valence-corrected chi connectivity index (χ4v) is 3.79. The van der Waals surface area contributed by atoms with Crippen LogP contribution in [0.25, 0.3) is 0 Å². The van der Waals surface area contributed by atoms with Gasteiger partial charge in [-0.1, -0.05) is 6.07 Å². The number of aryl methyl sites for hydroxylation is 1. The van der Waals surface area contributed by atoms with Crippen molar-refractivity contribution in [1.29, 1.82) is 0 Å². The Bertz CT molecular complexity index is 1000. The zero-order valence-corrected chi connectivity index (χ0v) is 16.4. The third-order valence-corrected chi connectivity index (χ3v) is 4.93. The smallest absolute Gasteiger partial charge is 0.221 e. The Hall–Kier alpha value is -3.19. The number of nitrogens with zero attached hydrogens (tertiary/aromatic N) is 2. The molecule has 2 aromatic heterocycles. The molecule has 4 rings (SSSR count). The van der Waals surface area contributed by atoms with Crippen LogP contribution in [0.3, 0.4) is 0 Å². The van der Waals surface area contributed by atoms with Crippen molar-refractivity contribution in [3.05, 3.63) is 78.0 Å². The van der Waals surface area contributed by atoms with E-state index in [4.69, 9.17) is 16.6 Å². The molecule has 0 radical (unpaired) electrons. The molecule has 3 aromatic rings. The van der Waals surface area contributed by atoms with Crippen molar-refractivity contribution in [1.82, 2.24) is 10.3 Å². The van der Waals surface area contributed by atoms with Crippen molar-refractivity contribution >= 4 is 34.6 Å². The average Bonchev–Trinajstić information content (AvgIpc) is 3.26. The van der Waals surface area contributed by atoms with E-state index in [1.807, 2.05) is 66.4 Å². The second-order valence-corrected chi connectivity index (χ2v) is 7.06. The molecule has 7 heteroatoms. The number of carbonyl (C=O) groups excluding carboxylic acids is 1. The van der Waals surface area contributed by atoms with Crippen molar-refractivity contribution < 1.29 is 9.21 Å². The lowest BCUT2D eigenvalue weighted by atomic mass is 10.0. The second kappa shape index (κ2) is 7.44. The first-order valence-corrected chi connectivity index (χ1v) is 9.38. The zero-order valence-electron chi connectivity index (χ0n) is 15.5. The van der Waals surface area contributed by atoms with Gasteiger partial charge < -0.3 is 20.0 Å². The molecule has 0 bridgehead atoms. The number of furan rings is 1. The largest absolute Gasteiger partial charge is 0.464 e. The second-order valence-electron chi connectivity index (χ2n) is 6.67. The SMILES string of the molecule is CC(=O)Nc1ccc(N2C(=S)N[C@@H](c3ccccn3)[C@@H]2c2ccc(C)o2)cc1. The molecule has 0 unspecified atom stereocenters. The van der Waals surface area contributed by atoms with Crippen LogP contribution in [-0.2, 0) is 4.79 Å². The van der Waals surface area contributed by atoms with Crippen LogP contribution in [0.2, 0.25) is 0 Å². The molecule has 28 heavy (non-hydrogen) atoms. The van der Waals surface area contributed by atoms with Gasteiger partial charge in [0, 0.05) is 24.5 Å².